The number of anilines is 1. The molecule has 42 heavy (non-hydrogen) atoms. The molecule has 1 N–H and O–H groups in total. The van der Waals surface area contributed by atoms with Crippen LogP contribution < -0.4 is 5.32 Å². The number of halogens is 1. The Morgan fingerprint density at radius 2 is 1.33 bits per heavy atom. The summed E-state index contributed by atoms with van der Waals surface area (Å²) in [6.45, 7) is 1.76. The molecule has 1 amide bonds. The Hall–Kier alpha value is -5.40. The number of hydrogen-bond donors (Lipinski definition) is 1. The fraction of sp³-hybridized carbons (Fsp3) is 0.0294. The number of benzene rings is 4. The summed E-state index contributed by atoms with van der Waals surface area (Å²) < 4.78 is 1.65. The SMILES string of the molecule is Cc1nn(-c2ccccc2)c2nc(-c3ccccc3)c(C(=O)C(=O)Nc3ccc(Cl)cc3)c(C(=O)c3ccccc3)c12. The van der Waals surface area contributed by atoms with Gasteiger partial charge >= 0.3 is 0 Å². The summed E-state index contributed by atoms with van der Waals surface area (Å²) in [6.07, 6.45) is 0. The van der Waals surface area contributed by atoms with Crippen molar-refractivity contribution in [2.24, 2.45) is 0 Å². The summed E-state index contributed by atoms with van der Waals surface area (Å²) in [5.41, 5.74) is 3.13. The summed E-state index contributed by atoms with van der Waals surface area (Å²) in [5.74, 6) is -2.23. The van der Waals surface area contributed by atoms with Crippen LogP contribution in [0.1, 0.15) is 32.0 Å². The molecule has 0 saturated carbocycles. The van der Waals surface area contributed by atoms with Crippen LogP contribution in [0.15, 0.2) is 115 Å². The van der Waals surface area contributed by atoms with Crippen LogP contribution in [0, 0.1) is 6.92 Å². The molecule has 7 nitrogen and oxygen atoms in total. The lowest BCUT2D eigenvalue weighted by Gasteiger charge is -2.16. The Balaban J connectivity index is 1.66. The van der Waals surface area contributed by atoms with Gasteiger partial charge in [0.1, 0.15) is 0 Å². The molecular formula is C34H23ClN4O3. The number of Topliss-reactive ketones (excluding diaryl/α,β-unsaturated/α-hetero) is 1. The van der Waals surface area contributed by atoms with Crippen molar-refractivity contribution < 1.29 is 14.4 Å². The van der Waals surface area contributed by atoms with Gasteiger partial charge < -0.3 is 5.32 Å². The number of fused-ring (bicyclic) bond motifs is 1. The summed E-state index contributed by atoms with van der Waals surface area (Å²) in [4.78, 5) is 46.9. The molecule has 6 aromatic rings. The second-order valence-electron chi connectivity index (χ2n) is 9.59. The molecule has 0 fully saturated rings. The quantitative estimate of drug-likeness (QED) is 0.163. The molecule has 2 heterocycles. The Morgan fingerprint density at radius 1 is 0.738 bits per heavy atom. The smallest absolute Gasteiger partial charge is 0.296 e. The molecule has 0 radical (unpaired) electrons. The van der Waals surface area contributed by atoms with Gasteiger partial charge in [-0.25, -0.2) is 9.67 Å². The van der Waals surface area contributed by atoms with E-state index in [2.05, 4.69) is 5.32 Å². The average Bonchev–Trinajstić information content (AvgIpc) is 3.37. The van der Waals surface area contributed by atoms with E-state index in [1.54, 1.807) is 78.3 Å². The average molecular weight is 571 g/mol. The van der Waals surface area contributed by atoms with Crippen molar-refractivity contribution in [3.63, 3.8) is 0 Å². The van der Waals surface area contributed by atoms with Crippen molar-refractivity contribution >= 4 is 45.8 Å². The second kappa shape index (κ2) is 11.2. The van der Waals surface area contributed by atoms with Gasteiger partial charge in [-0.1, -0.05) is 90.5 Å². The number of carbonyl (C=O) groups is 3. The minimum Gasteiger partial charge on any atom is -0.319 e. The number of carbonyl (C=O) groups excluding carboxylic acids is 3. The maximum Gasteiger partial charge on any atom is 0.296 e. The number of aromatic nitrogens is 3. The lowest BCUT2D eigenvalue weighted by molar-refractivity contribution is -0.112. The molecule has 0 atom stereocenters. The van der Waals surface area contributed by atoms with Gasteiger partial charge in [-0.2, -0.15) is 5.10 Å². The Kier molecular flexibility index (Phi) is 7.17. The largest absolute Gasteiger partial charge is 0.319 e. The lowest BCUT2D eigenvalue weighted by Crippen LogP contribution is -2.26. The van der Waals surface area contributed by atoms with E-state index >= 15 is 0 Å². The van der Waals surface area contributed by atoms with Crippen LogP contribution in [0.25, 0.3) is 28.0 Å². The number of amides is 1. The molecular weight excluding hydrogens is 548 g/mol. The van der Waals surface area contributed by atoms with Crippen molar-refractivity contribution in [1.29, 1.82) is 0 Å². The first-order valence-electron chi connectivity index (χ1n) is 13.2. The van der Waals surface area contributed by atoms with E-state index in [0.717, 1.165) is 5.69 Å². The van der Waals surface area contributed by atoms with Crippen molar-refractivity contribution in [3.8, 4) is 16.9 Å². The zero-order valence-electron chi connectivity index (χ0n) is 22.4. The predicted octanol–water partition coefficient (Wildman–Crippen LogP) is 7.10. The first kappa shape index (κ1) is 26.8. The topological polar surface area (TPSA) is 93.9 Å². The van der Waals surface area contributed by atoms with E-state index in [1.807, 2.05) is 48.5 Å². The summed E-state index contributed by atoms with van der Waals surface area (Å²) in [7, 11) is 0. The number of nitrogens with one attached hydrogen (secondary N) is 1. The fourth-order valence-corrected chi connectivity index (χ4v) is 5.01. The summed E-state index contributed by atoms with van der Waals surface area (Å²) in [6, 6.07) is 33.5. The maximum atomic E-state index is 14.3. The minimum absolute atomic E-state index is 0.0704. The van der Waals surface area contributed by atoms with E-state index in [9.17, 15) is 14.4 Å². The first-order valence-corrected chi connectivity index (χ1v) is 13.6. The van der Waals surface area contributed by atoms with Crippen molar-refractivity contribution in [2.45, 2.75) is 6.92 Å². The van der Waals surface area contributed by atoms with Crippen molar-refractivity contribution in [3.05, 3.63) is 143 Å². The molecule has 2 aromatic heterocycles. The molecule has 0 aliphatic carbocycles. The van der Waals surface area contributed by atoms with Gasteiger partial charge in [0, 0.05) is 27.4 Å². The van der Waals surface area contributed by atoms with Crippen LogP contribution in [-0.4, -0.2) is 32.2 Å². The van der Waals surface area contributed by atoms with Gasteiger partial charge in [0.05, 0.1) is 28.0 Å². The number of pyridine rings is 1. The van der Waals surface area contributed by atoms with Gasteiger partial charge in [-0.05, 0) is 43.3 Å². The van der Waals surface area contributed by atoms with Crippen molar-refractivity contribution in [1.82, 2.24) is 14.8 Å². The Labute approximate surface area is 246 Å². The van der Waals surface area contributed by atoms with E-state index < -0.39 is 17.5 Å². The van der Waals surface area contributed by atoms with Crippen LogP contribution in [0.2, 0.25) is 5.02 Å². The highest BCUT2D eigenvalue weighted by molar-refractivity contribution is 6.49. The van der Waals surface area contributed by atoms with Crippen LogP contribution in [0.5, 0.6) is 0 Å². The van der Waals surface area contributed by atoms with E-state index in [0.29, 0.717) is 38.6 Å². The zero-order chi connectivity index (χ0) is 29.2. The monoisotopic (exact) mass is 570 g/mol. The third-order valence-electron chi connectivity index (χ3n) is 6.84. The highest BCUT2D eigenvalue weighted by Gasteiger charge is 2.33. The molecule has 0 spiro atoms. The highest BCUT2D eigenvalue weighted by atomic mass is 35.5. The van der Waals surface area contributed by atoms with Crippen LogP contribution in [0.3, 0.4) is 0 Å². The van der Waals surface area contributed by atoms with Gasteiger partial charge in [-0.15, -0.1) is 0 Å². The number of para-hydroxylation sites is 1. The Morgan fingerprint density at radius 3 is 1.98 bits per heavy atom. The van der Waals surface area contributed by atoms with E-state index in [-0.39, 0.29) is 16.8 Å². The molecule has 4 aromatic carbocycles. The van der Waals surface area contributed by atoms with Gasteiger partial charge in [0.2, 0.25) is 0 Å². The minimum atomic E-state index is -0.911. The second-order valence-corrected chi connectivity index (χ2v) is 10.0. The number of aryl methyl sites for hydroxylation is 1. The number of ketones is 2. The predicted molar refractivity (Wildman–Crippen MR) is 163 cm³/mol. The standard InChI is InChI=1S/C34H23ClN4O3/c1-21-27-28(31(40)23-13-7-3-8-14-23)29(32(41)34(42)36-25-19-17-24(35)18-20-25)30(22-11-5-2-6-12-22)37-33(27)39(38-21)26-15-9-4-10-16-26/h2-20H,1H3,(H,36,42). The molecule has 8 heteroatoms. The van der Waals surface area contributed by atoms with Crippen molar-refractivity contribution in [2.75, 3.05) is 5.32 Å². The van der Waals surface area contributed by atoms with Crippen LogP contribution in [-0.2, 0) is 4.79 Å². The maximum absolute atomic E-state index is 14.3. The van der Waals surface area contributed by atoms with E-state index in [4.69, 9.17) is 21.7 Å². The van der Waals surface area contributed by atoms with Crippen LogP contribution in [0.4, 0.5) is 5.69 Å². The first-order chi connectivity index (χ1) is 20.4. The molecule has 0 aliphatic rings. The Bertz CT molecular complexity index is 1950. The molecule has 0 unspecified atom stereocenters. The highest BCUT2D eigenvalue weighted by Crippen LogP contribution is 2.35. The van der Waals surface area contributed by atoms with Gasteiger partial charge in [0.25, 0.3) is 11.7 Å². The molecule has 0 bridgehead atoms. The molecule has 0 aliphatic heterocycles. The summed E-state index contributed by atoms with van der Waals surface area (Å²) in [5, 5.41) is 8.26. The number of rotatable bonds is 7. The molecule has 6 rings (SSSR count). The van der Waals surface area contributed by atoms with Gasteiger partial charge in [0.15, 0.2) is 11.4 Å². The summed E-state index contributed by atoms with van der Waals surface area (Å²) >= 11 is 5.99. The van der Waals surface area contributed by atoms with Crippen LogP contribution >= 0.6 is 11.6 Å². The third-order valence-corrected chi connectivity index (χ3v) is 7.09. The third kappa shape index (κ3) is 4.98. The lowest BCUT2D eigenvalue weighted by atomic mass is 9.89. The van der Waals surface area contributed by atoms with Gasteiger partial charge in [-0.3, -0.25) is 14.4 Å². The fourth-order valence-electron chi connectivity index (χ4n) is 4.89. The molecule has 0 saturated heterocycles. The number of nitrogens with zero attached hydrogens (tertiary/aromatic N) is 3. The number of hydrogen-bond acceptors (Lipinski definition) is 5. The zero-order valence-corrected chi connectivity index (χ0v) is 23.2. The normalized spacial score (nSPS) is 10.9. The molecule has 204 valence electrons. The van der Waals surface area contributed by atoms with E-state index in [1.165, 1.54) is 0 Å².